The van der Waals surface area contributed by atoms with Gasteiger partial charge in [0.05, 0.1) is 20.6 Å². The van der Waals surface area contributed by atoms with Gasteiger partial charge in [-0.3, -0.25) is 0 Å². The summed E-state index contributed by atoms with van der Waals surface area (Å²) in [6.07, 6.45) is 10.7. The molecule has 4 nitrogen and oxygen atoms in total. The van der Waals surface area contributed by atoms with E-state index in [9.17, 15) is 5.11 Å². The maximum absolute atomic E-state index is 10.3. The van der Waals surface area contributed by atoms with Gasteiger partial charge in [-0.1, -0.05) is 55.3 Å². The quantitative estimate of drug-likeness (QED) is 0.363. The van der Waals surface area contributed by atoms with Gasteiger partial charge in [0.1, 0.15) is 17.9 Å². The Morgan fingerprint density at radius 1 is 1.00 bits per heavy atom. The van der Waals surface area contributed by atoms with E-state index < -0.39 is 0 Å². The number of aryl methyl sites for hydroxylation is 1. The number of piperidine rings is 1. The number of hydrogen-bond donors (Lipinski definition) is 2. The molecule has 2 aliphatic rings. The van der Waals surface area contributed by atoms with Crippen LogP contribution in [-0.4, -0.2) is 62.1 Å². The standard InChI is InChI=1S/C30H44N2O2/c1-32(2)21-19-29(26-15-11-16-28(33)22-26)23-27(17-18-30(29,24-32)34-3)31-20-10-5-4-7-12-25-13-8-6-9-14-25/h6,8-9,11,13-16,22,27,31H,4-5,7,10,12,17-21,23-24H2,1-3H3/p+1/t27-,29+,30+/m1/s1. The molecule has 4 rings (SSSR count). The first-order valence-electron chi connectivity index (χ1n) is 13.3. The van der Waals surface area contributed by atoms with Crippen molar-refractivity contribution in [1.82, 2.24) is 5.32 Å². The number of phenolic OH excluding ortho intramolecular Hbond substituents is 1. The van der Waals surface area contributed by atoms with Crippen molar-refractivity contribution in [2.24, 2.45) is 0 Å². The van der Waals surface area contributed by atoms with Gasteiger partial charge in [0, 0.05) is 25.0 Å². The molecule has 2 aromatic rings. The Balaban J connectivity index is 1.35. The number of aromatic hydroxyl groups is 1. The zero-order valence-corrected chi connectivity index (χ0v) is 21.6. The van der Waals surface area contributed by atoms with E-state index in [1.807, 2.05) is 19.2 Å². The van der Waals surface area contributed by atoms with E-state index in [0.717, 1.165) is 49.8 Å². The Labute approximate surface area is 206 Å². The second-order valence-electron chi connectivity index (χ2n) is 11.4. The summed E-state index contributed by atoms with van der Waals surface area (Å²) >= 11 is 0. The van der Waals surface area contributed by atoms with Crippen molar-refractivity contribution < 1.29 is 14.3 Å². The van der Waals surface area contributed by atoms with Gasteiger partial charge in [-0.05, 0) is 68.3 Å². The molecule has 34 heavy (non-hydrogen) atoms. The zero-order valence-electron chi connectivity index (χ0n) is 21.6. The molecular weight excluding hydrogens is 420 g/mol. The average molecular weight is 466 g/mol. The number of hydrogen-bond acceptors (Lipinski definition) is 3. The molecule has 0 aromatic heterocycles. The highest BCUT2D eigenvalue weighted by Gasteiger charge is 2.61. The topological polar surface area (TPSA) is 41.5 Å². The molecule has 186 valence electrons. The van der Waals surface area contributed by atoms with Gasteiger partial charge >= 0.3 is 0 Å². The Kier molecular flexibility index (Phi) is 8.01. The first-order valence-corrected chi connectivity index (χ1v) is 13.3. The van der Waals surface area contributed by atoms with E-state index in [1.165, 1.54) is 43.2 Å². The monoisotopic (exact) mass is 465 g/mol. The summed E-state index contributed by atoms with van der Waals surface area (Å²) in [6, 6.07) is 19.3. The van der Waals surface area contributed by atoms with Crippen molar-refractivity contribution >= 4 is 0 Å². The molecule has 1 heterocycles. The zero-order chi connectivity index (χ0) is 24.1. The van der Waals surface area contributed by atoms with E-state index in [4.69, 9.17) is 4.74 Å². The predicted octanol–water partition coefficient (Wildman–Crippen LogP) is 5.44. The summed E-state index contributed by atoms with van der Waals surface area (Å²) in [5.41, 5.74) is 2.47. The maximum Gasteiger partial charge on any atom is 0.126 e. The van der Waals surface area contributed by atoms with E-state index in [1.54, 1.807) is 6.07 Å². The van der Waals surface area contributed by atoms with Crippen LogP contribution in [0.2, 0.25) is 0 Å². The van der Waals surface area contributed by atoms with Gasteiger partial charge in [-0.2, -0.15) is 0 Å². The lowest BCUT2D eigenvalue weighted by Crippen LogP contribution is -2.71. The summed E-state index contributed by atoms with van der Waals surface area (Å²) in [5.74, 6) is 0.363. The molecule has 4 heteroatoms. The van der Waals surface area contributed by atoms with Gasteiger partial charge in [-0.15, -0.1) is 0 Å². The Morgan fingerprint density at radius 3 is 2.56 bits per heavy atom. The highest BCUT2D eigenvalue weighted by Crippen LogP contribution is 2.54. The molecule has 1 saturated carbocycles. The first-order chi connectivity index (χ1) is 16.4. The Hall–Kier alpha value is -1.88. The molecule has 0 spiro atoms. The molecule has 0 unspecified atom stereocenters. The third-order valence-electron chi connectivity index (χ3n) is 8.65. The number of quaternary nitrogens is 1. The highest BCUT2D eigenvalue weighted by molar-refractivity contribution is 5.38. The van der Waals surface area contributed by atoms with Crippen LogP contribution in [0, 0.1) is 0 Å². The van der Waals surface area contributed by atoms with Crippen molar-refractivity contribution in [2.75, 3.05) is 40.8 Å². The number of likely N-dealkylation sites (tertiary alicyclic amines) is 1. The number of methoxy groups -OCH3 is 1. The van der Waals surface area contributed by atoms with Crippen LogP contribution in [0.3, 0.4) is 0 Å². The van der Waals surface area contributed by atoms with E-state index in [0.29, 0.717) is 11.8 Å². The fourth-order valence-electron chi connectivity index (χ4n) is 6.80. The molecule has 1 saturated heterocycles. The summed E-state index contributed by atoms with van der Waals surface area (Å²) in [5, 5.41) is 14.2. The molecule has 2 aromatic carbocycles. The second-order valence-corrected chi connectivity index (χ2v) is 11.4. The number of benzene rings is 2. The largest absolute Gasteiger partial charge is 0.508 e. The van der Waals surface area contributed by atoms with Crippen LogP contribution in [-0.2, 0) is 16.6 Å². The van der Waals surface area contributed by atoms with Crippen LogP contribution in [0.4, 0.5) is 0 Å². The SMILES string of the molecule is CO[C@]12CC[C@@H](NCCCCCCc3ccccc3)C[C@]1(c1cccc(O)c1)CC[N+](C)(C)C2. The molecule has 1 aliphatic heterocycles. The molecule has 1 aliphatic carbocycles. The van der Waals surface area contributed by atoms with Crippen LogP contribution in [0.5, 0.6) is 5.75 Å². The van der Waals surface area contributed by atoms with Gasteiger partial charge in [-0.25, -0.2) is 0 Å². The van der Waals surface area contributed by atoms with Gasteiger partial charge in [0.2, 0.25) is 0 Å². The number of nitrogens with zero attached hydrogens (tertiary/aromatic N) is 1. The number of rotatable bonds is 10. The molecule has 2 fully saturated rings. The van der Waals surface area contributed by atoms with E-state index in [-0.39, 0.29) is 11.0 Å². The molecule has 0 bridgehead atoms. The van der Waals surface area contributed by atoms with Crippen molar-refractivity contribution in [3.05, 3.63) is 65.7 Å². The van der Waals surface area contributed by atoms with Crippen LogP contribution >= 0.6 is 0 Å². The van der Waals surface area contributed by atoms with Crippen LogP contribution in [0.1, 0.15) is 62.5 Å². The predicted molar refractivity (Wildman–Crippen MR) is 140 cm³/mol. The molecule has 0 radical (unpaired) electrons. The number of nitrogens with one attached hydrogen (secondary N) is 1. The summed E-state index contributed by atoms with van der Waals surface area (Å²) in [7, 11) is 6.57. The lowest BCUT2D eigenvalue weighted by atomic mass is 9.54. The smallest absolute Gasteiger partial charge is 0.126 e. The van der Waals surface area contributed by atoms with Gasteiger partial charge in [0.25, 0.3) is 0 Å². The lowest BCUT2D eigenvalue weighted by molar-refractivity contribution is -0.905. The first kappa shape index (κ1) is 25.2. The number of ether oxygens (including phenoxy) is 1. The fraction of sp³-hybridized carbons (Fsp3) is 0.600. The minimum absolute atomic E-state index is 0.0557. The lowest BCUT2D eigenvalue weighted by Gasteiger charge is -2.60. The minimum Gasteiger partial charge on any atom is -0.508 e. The van der Waals surface area contributed by atoms with Crippen LogP contribution in [0.25, 0.3) is 0 Å². The van der Waals surface area contributed by atoms with Crippen molar-refractivity contribution in [3.63, 3.8) is 0 Å². The van der Waals surface area contributed by atoms with Crippen LogP contribution in [0.15, 0.2) is 54.6 Å². The molecule has 0 amide bonds. The molecular formula is C30H45N2O2+. The van der Waals surface area contributed by atoms with Gasteiger partial charge < -0.3 is 19.6 Å². The van der Waals surface area contributed by atoms with Crippen molar-refractivity contribution in [2.45, 2.75) is 74.8 Å². The maximum atomic E-state index is 10.3. The summed E-state index contributed by atoms with van der Waals surface area (Å²) in [4.78, 5) is 0. The number of phenols is 1. The highest BCUT2D eigenvalue weighted by atomic mass is 16.5. The Bertz CT molecular complexity index is 915. The summed E-state index contributed by atoms with van der Waals surface area (Å²) < 4.78 is 7.44. The summed E-state index contributed by atoms with van der Waals surface area (Å²) in [6.45, 7) is 3.25. The fourth-order valence-corrected chi connectivity index (χ4v) is 6.80. The third-order valence-corrected chi connectivity index (χ3v) is 8.65. The number of likely N-dealkylation sites (N-methyl/N-ethyl adjacent to an activating group) is 1. The molecule has 2 N–H and O–H groups in total. The molecule has 3 atom stereocenters. The third kappa shape index (κ3) is 5.50. The average Bonchev–Trinajstić information content (AvgIpc) is 2.83. The van der Waals surface area contributed by atoms with Crippen molar-refractivity contribution in [1.29, 1.82) is 0 Å². The number of unbranched alkanes of at least 4 members (excludes halogenated alkanes) is 3. The van der Waals surface area contributed by atoms with Crippen LogP contribution < -0.4 is 5.32 Å². The van der Waals surface area contributed by atoms with Gasteiger partial charge in [0.15, 0.2) is 0 Å². The number of fused-ring (bicyclic) bond motifs is 1. The normalized spacial score (nSPS) is 28.4. The van der Waals surface area contributed by atoms with E-state index >= 15 is 0 Å². The minimum atomic E-state index is -0.182. The second kappa shape index (κ2) is 10.8. The van der Waals surface area contributed by atoms with E-state index in [2.05, 4.69) is 55.8 Å². The van der Waals surface area contributed by atoms with Crippen molar-refractivity contribution in [3.8, 4) is 5.75 Å². The Morgan fingerprint density at radius 2 is 1.79 bits per heavy atom.